The Kier molecular flexibility index (Phi) is 4.60. The van der Waals surface area contributed by atoms with Crippen molar-refractivity contribution in [2.24, 2.45) is 5.92 Å². The Morgan fingerprint density at radius 3 is 2.43 bits per heavy atom. The predicted molar refractivity (Wildman–Crippen MR) is 78.2 cm³/mol. The monoisotopic (exact) mass is 334 g/mol. The summed E-state index contributed by atoms with van der Waals surface area (Å²) < 4.78 is 53.9. The molecule has 0 unspecified atom stereocenters. The fraction of sp³-hybridized carbons (Fsp3) is 0.538. The zero-order chi connectivity index (χ0) is 15.7. The highest BCUT2D eigenvalue weighted by molar-refractivity contribution is 7.86. The quantitative estimate of drug-likeness (QED) is 0.750. The molecule has 0 bridgehead atoms. The molecule has 1 aliphatic rings. The summed E-state index contributed by atoms with van der Waals surface area (Å²) in [6.45, 7) is 0.180. The van der Waals surface area contributed by atoms with Crippen LogP contribution in [0.3, 0.4) is 0 Å². The third kappa shape index (κ3) is 5.29. The average molecular weight is 334 g/mol. The topological polar surface area (TPSA) is 86.7 Å². The first kappa shape index (κ1) is 16.3. The average Bonchev–Trinajstić information content (AvgIpc) is 2.33. The molecular weight excluding hydrogens is 316 g/mol. The molecule has 21 heavy (non-hydrogen) atoms. The molecule has 0 spiro atoms. The second-order valence-corrected chi connectivity index (χ2v) is 8.53. The molecule has 1 atom stereocenters. The molecule has 6 nitrogen and oxygen atoms in total. The third-order valence-electron chi connectivity index (χ3n) is 3.27. The number of hydrogen-bond acceptors (Lipinski definition) is 6. The fourth-order valence-corrected chi connectivity index (χ4v) is 3.29. The van der Waals surface area contributed by atoms with Gasteiger partial charge < -0.3 is 4.18 Å². The number of benzene rings is 1. The summed E-state index contributed by atoms with van der Waals surface area (Å²) in [5.41, 5.74) is 2.11. The minimum absolute atomic E-state index is 0.147. The Hall–Kier alpha value is -1.12. The summed E-state index contributed by atoms with van der Waals surface area (Å²) in [6.07, 6.45) is 4.30. The van der Waals surface area contributed by atoms with Gasteiger partial charge in [-0.1, -0.05) is 6.07 Å². The molecule has 2 rings (SSSR count). The second kappa shape index (κ2) is 5.94. The summed E-state index contributed by atoms with van der Waals surface area (Å²) in [6, 6.07) is 5.16. The van der Waals surface area contributed by atoms with E-state index in [1.807, 2.05) is 6.07 Å². The molecular formula is C13H18O6S2. The van der Waals surface area contributed by atoms with Gasteiger partial charge in [0.05, 0.1) is 19.1 Å². The summed E-state index contributed by atoms with van der Waals surface area (Å²) in [5.74, 6) is 0.455. The zero-order valence-corrected chi connectivity index (χ0v) is 13.5. The van der Waals surface area contributed by atoms with Gasteiger partial charge in [-0.3, -0.25) is 4.18 Å². The van der Waals surface area contributed by atoms with E-state index >= 15 is 0 Å². The largest absolute Gasteiger partial charge is 0.383 e. The van der Waals surface area contributed by atoms with Crippen molar-refractivity contribution in [2.45, 2.75) is 19.3 Å². The van der Waals surface area contributed by atoms with Crippen molar-refractivity contribution in [3.63, 3.8) is 0 Å². The van der Waals surface area contributed by atoms with Gasteiger partial charge in [0, 0.05) is 0 Å². The van der Waals surface area contributed by atoms with E-state index in [2.05, 4.69) is 0 Å². The van der Waals surface area contributed by atoms with Crippen molar-refractivity contribution in [3.05, 3.63) is 29.3 Å². The molecule has 8 heteroatoms. The van der Waals surface area contributed by atoms with Gasteiger partial charge in [-0.2, -0.15) is 16.8 Å². The van der Waals surface area contributed by atoms with Crippen molar-refractivity contribution >= 4 is 20.2 Å². The molecule has 118 valence electrons. The first-order valence-electron chi connectivity index (χ1n) is 6.48. The molecule has 0 saturated carbocycles. The Morgan fingerprint density at radius 1 is 1.10 bits per heavy atom. The molecule has 0 radical (unpaired) electrons. The maximum Gasteiger partial charge on any atom is 0.306 e. The van der Waals surface area contributed by atoms with Crippen molar-refractivity contribution < 1.29 is 25.2 Å². The van der Waals surface area contributed by atoms with Crippen LogP contribution in [-0.2, 0) is 37.3 Å². The predicted octanol–water partition coefficient (Wildman–Crippen LogP) is 1.11. The van der Waals surface area contributed by atoms with Crippen LogP contribution in [0, 0.1) is 5.92 Å². The third-order valence-corrected chi connectivity index (χ3v) is 4.33. The fourth-order valence-electron chi connectivity index (χ4n) is 2.40. The van der Waals surface area contributed by atoms with Gasteiger partial charge in [0.25, 0.3) is 10.1 Å². The molecule has 0 heterocycles. The molecule has 0 fully saturated rings. The van der Waals surface area contributed by atoms with Crippen LogP contribution in [0.15, 0.2) is 18.2 Å². The lowest BCUT2D eigenvalue weighted by atomic mass is 9.84. The van der Waals surface area contributed by atoms with Crippen molar-refractivity contribution in [3.8, 4) is 5.75 Å². The first-order valence-corrected chi connectivity index (χ1v) is 10.1. The van der Waals surface area contributed by atoms with Crippen molar-refractivity contribution in [1.82, 2.24) is 0 Å². The molecule has 0 aromatic heterocycles. The lowest BCUT2D eigenvalue weighted by Crippen LogP contribution is -2.21. The molecule has 1 aromatic rings. The van der Waals surface area contributed by atoms with Crippen LogP contribution in [0.25, 0.3) is 0 Å². The number of hydrogen-bond donors (Lipinski definition) is 0. The van der Waals surface area contributed by atoms with Gasteiger partial charge in [-0.15, -0.1) is 0 Å². The van der Waals surface area contributed by atoms with E-state index < -0.39 is 20.2 Å². The van der Waals surface area contributed by atoms with Gasteiger partial charge in [-0.25, -0.2) is 0 Å². The maximum atomic E-state index is 11.1. The van der Waals surface area contributed by atoms with Crippen LogP contribution in [-0.4, -0.2) is 36.0 Å². The maximum absolute atomic E-state index is 11.1. The second-order valence-electron chi connectivity index (χ2n) is 5.32. The summed E-state index contributed by atoms with van der Waals surface area (Å²) >= 11 is 0. The molecule has 0 amide bonds. The van der Waals surface area contributed by atoms with Gasteiger partial charge in [-0.05, 0) is 48.4 Å². The minimum Gasteiger partial charge on any atom is -0.383 e. The summed E-state index contributed by atoms with van der Waals surface area (Å²) in [5, 5.41) is 0. The molecule has 1 aromatic carbocycles. The van der Waals surface area contributed by atoms with E-state index in [1.54, 1.807) is 12.1 Å². The van der Waals surface area contributed by atoms with E-state index in [0.29, 0.717) is 12.2 Å². The standard InChI is InChI=1S/C13H18O6S2/c1-20(14,15)18-9-10-3-4-12-8-13(19-21(2,16)17)6-5-11(12)7-10/h5-6,8,10H,3-4,7,9H2,1-2H3/t10-/m0/s1. The van der Waals surface area contributed by atoms with Gasteiger partial charge in [0.2, 0.25) is 0 Å². The Labute approximate surface area is 125 Å². The van der Waals surface area contributed by atoms with E-state index in [1.165, 1.54) is 0 Å². The smallest absolute Gasteiger partial charge is 0.306 e. The van der Waals surface area contributed by atoms with E-state index in [9.17, 15) is 16.8 Å². The van der Waals surface area contributed by atoms with Crippen molar-refractivity contribution in [2.75, 3.05) is 19.1 Å². The highest BCUT2D eigenvalue weighted by atomic mass is 32.2. The molecule has 0 aliphatic heterocycles. The van der Waals surface area contributed by atoms with Crippen LogP contribution in [0.4, 0.5) is 0 Å². The highest BCUT2D eigenvalue weighted by Crippen LogP contribution is 2.29. The molecule has 0 N–H and O–H groups in total. The Morgan fingerprint density at radius 2 is 1.81 bits per heavy atom. The SMILES string of the molecule is CS(=O)(=O)OC[C@H]1CCc2cc(OS(C)(=O)=O)ccc2C1. The first-order chi connectivity index (χ1) is 9.62. The van der Waals surface area contributed by atoms with Crippen LogP contribution in [0.5, 0.6) is 5.75 Å². The van der Waals surface area contributed by atoms with Gasteiger partial charge in [0.1, 0.15) is 5.75 Å². The number of aryl methyl sites for hydroxylation is 1. The zero-order valence-electron chi connectivity index (χ0n) is 11.9. The molecule has 1 aliphatic carbocycles. The minimum atomic E-state index is -3.53. The van der Waals surface area contributed by atoms with Gasteiger partial charge in [0.15, 0.2) is 0 Å². The van der Waals surface area contributed by atoms with Crippen LogP contribution in [0.1, 0.15) is 17.5 Å². The summed E-state index contributed by atoms with van der Waals surface area (Å²) in [4.78, 5) is 0. The van der Waals surface area contributed by atoms with Crippen molar-refractivity contribution in [1.29, 1.82) is 0 Å². The Bertz CT molecular complexity index is 721. The van der Waals surface area contributed by atoms with Crippen LogP contribution >= 0.6 is 0 Å². The van der Waals surface area contributed by atoms with Crippen LogP contribution < -0.4 is 4.18 Å². The summed E-state index contributed by atoms with van der Waals surface area (Å²) in [7, 11) is -6.94. The molecule has 0 saturated heterocycles. The lowest BCUT2D eigenvalue weighted by molar-refractivity contribution is 0.241. The normalized spacial score (nSPS) is 19.0. The van der Waals surface area contributed by atoms with E-state index in [0.717, 1.165) is 36.5 Å². The van der Waals surface area contributed by atoms with Crippen LogP contribution in [0.2, 0.25) is 0 Å². The number of fused-ring (bicyclic) bond motifs is 1. The lowest BCUT2D eigenvalue weighted by Gasteiger charge is -2.24. The van der Waals surface area contributed by atoms with E-state index in [4.69, 9.17) is 8.37 Å². The Balaban J connectivity index is 2.06. The number of rotatable bonds is 5. The highest BCUT2D eigenvalue weighted by Gasteiger charge is 2.21. The van der Waals surface area contributed by atoms with Gasteiger partial charge >= 0.3 is 10.1 Å². The van der Waals surface area contributed by atoms with E-state index in [-0.39, 0.29) is 12.5 Å².